The Kier molecular flexibility index (Phi) is 4.15. The first-order valence-corrected chi connectivity index (χ1v) is 6.08. The number of esters is 1. The molecule has 17 heavy (non-hydrogen) atoms. The minimum absolute atomic E-state index is 0.00228. The second kappa shape index (κ2) is 5.82. The first kappa shape index (κ1) is 12.1. The molecule has 1 aromatic rings. The smallest absolute Gasteiger partial charge is 0.309 e. The van der Waals surface area contributed by atoms with Gasteiger partial charge in [-0.25, -0.2) is 0 Å². The van der Waals surface area contributed by atoms with Gasteiger partial charge in [0, 0.05) is 6.61 Å². The number of carbonyl (C=O) groups is 1. The van der Waals surface area contributed by atoms with Gasteiger partial charge < -0.3 is 9.47 Å². The Morgan fingerprint density at radius 2 is 2.18 bits per heavy atom. The Morgan fingerprint density at radius 3 is 2.88 bits per heavy atom. The van der Waals surface area contributed by atoms with E-state index in [0.717, 1.165) is 18.4 Å². The molecule has 0 radical (unpaired) electrons. The van der Waals surface area contributed by atoms with Crippen molar-refractivity contribution in [2.45, 2.75) is 32.5 Å². The third-order valence-electron chi connectivity index (χ3n) is 3.04. The van der Waals surface area contributed by atoms with Crippen LogP contribution >= 0.6 is 0 Å². The molecule has 3 nitrogen and oxygen atoms in total. The maximum Gasteiger partial charge on any atom is 0.309 e. The van der Waals surface area contributed by atoms with Crippen molar-refractivity contribution >= 4 is 5.97 Å². The van der Waals surface area contributed by atoms with E-state index in [1.54, 1.807) is 0 Å². The highest BCUT2D eigenvalue weighted by Gasteiger charge is 2.26. The number of hydrogen-bond donors (Lipinski definition) is 0. The third kappa shape index (κ3) is 3.56. The highest BCUT2D eigenvalue weighted by Crippen LogP contribution is 2.21. The van der Waals surface area contributed by atoms with Crippen LogP contribution in [0.3, 0.4) is 0 Å². The molecule has 0 aromatic heterocycles. The fourth-order valence-corrected chi connectivity index (χ4v) is 2.06. The van der Waals surface area contributed by atoms with Gasteiger partial charge in [0.15, 0.2) is 0 Å². The van der Waals surface area contributed by atoms with Crippen LogP contribution in [-0.4, -0.2) is 18.7 Å². The van der Waals surface area contributed by atoms with E-state index in [2.05, 4.69) is 0 Å². The quantitative estimate of drug-likeness (QED) is 0.754. The first-order chi connectivity index (χ1) is 8.25. The Morgan fingerprint density at radius 1 is 1.41 bits per heavy atom. The number of benzene rings is 1. The normalized spacial score (nSPS) is 24.3. The molecule has 92 valence electrons. The minimum atomic E-state index is -0.0935. The first-order valence-electron chi connectivity index (χ1n) is 6.08. The monoisotopic (exact) mass is 234 g/mol. The topological polar surface area (TPSA) is 35.5 Å². The van der Waals surface area contributed by atoms with Gasteiger partial charge in [-0.15, -0.1) is 0 Å². The summed E-state index contributed by atoms with van der Waals surface area (Å²) >= 11 is 0. The number of ether oxygens (including phenoxy) is 2. The zero-order chi connectivity index (χ0) is 12.1. The van der Waals surface area contributed by atoms with E-state index >= 15 is 0 Å². The summed E-state index contributed by atoms with van der Waals surface area (Å²) in [4.78, 5) is 11.8. The molecule has 0 bridgehead atoms. The van der Waals surface area contributed by atoms with Gasteiger partial charge in [0.2, 0.25) is 0 Å². The zero-order valence-electron chi connectivity index (χ0n) is 10.1. The highest BCUT2D eigenvalue weighted by atomic mass is 16.5. The van der Waals surface area contributed by atoms with Crippen LogP contribution in [0.15, 0.2) is 30.3 Å². The van der Waals surface area contributed by atoms with Gasteiger partial charge in [0.1, 0.15) is 6.61 Å². The van der Waals surface area contributed by atoms with Crippen LogP contribution in [0.25, 0.3) is 0 Å². The molecule has 3 heteroatoms. The number of carbonyl (C=O) groups excluding carboxylic acids is 1. The molecule has 1 aliphatic heterocycles. The molecule has 0 spiro atoms. The van der Waals surface area contributed by atoms with E-state index in [-0.39, 0.29) is 18.0 Å². The van der Waals surface area contributed by atoms with E-state index in [0.29, 0.717) is 13.2 Å². The lowest BCUT2D eigenvalue weighted by Gasteiger charge is -2.25. The van der Waals surface area contributed by atoms with Crippen LogP contribution < -0.4 is 0 Å². The second-order valence-corrected chi connectivity index (χ2v) is 4.50. The molecule has 0 amide bonds. The lowest BCUT2D eigenvalue weighted by molar-refractivity contribution is -0.154. The molecule has 2 unspecified atom stereocenters. The lowest BCUT2D eigenvalue weighted by Crippen LogP contribution is -2.29. The van der Waals surface area contributed by atoms with Gasteiger partial charge in [-0.2, -0.15) is 0 Å². The summed E-state index contributed by atoms with van der Waals surface area (Å²) in [6.07, 6.45) is 1.71. The van der Waals surface area contributed by atoms with E-state index in [1.165, 1.54) is 0 Å². The van der Waals surface area contributed by atoms with Gasteiger partial charge >= 0.3 is 5.97 Å². The second-order valence-electron chi connectivity index (χ2n) is 4.50. The molecular formula is C14H18O3. The Labute approximate surface area is 102 Å². The van der Waals surface area contributed by atoms with Gasteiger partial charge in [0.25, 0.3) is 0 Å². The Balaban J connectivity index is 1.81. The van der Waals surface area contributed by atoms with Crippen molar-refractivity contribution in [3.63, 3.8) is 0 Å². The van der Waals surface area contributed by atoms with E-state index < -0.39 is 0 Å². The molecule has 0 saturated carbocycles. The summed E-state index contributed by atoms with van der Waals surface area (Å²) in [6.45, 7) is 3.02. The van der Waals surface area contributed by atoms with E-state index in [1.807, 2.05) is 37.3 Å². The molecular weight excluding hydrogens is 216 g/mol. The van der Waals surface area contributed by atoms with Crippen molar-refractivity contribution in [3.05, 3.63) is 35.9 Å². The maximum absolute atomic E-state index is 11.8. The molecule has 1 heterocycles. The predicted molar refractivity (Wildman–Crippen MR) is 64.4 cm³/mol. The third-order valence-corrected chi connectivity index (χ3v) is 3.04. The van der Waals surface area contributed by atoms with Crippen molar-refractivity contribution in [2.75, 3.05) is 6.61 Å². The van der Waals surface area contributed by atoms with Gasteiger partial charge in [0.05, 0.1) is 12.0 Å². The number of rotatable bonds is 3. The van der Waals surface area contributed by atoms with Crippen LogP contribution in [0.2, 0.25) is 0 Å². The fourth-order valence-electron chi connectivity index (χ4n) is 2.06. The Hall–Kier alpha value is -1.35. The molecule has 1 aliphatic rings. The van der Waals surface area contributed by atoms with E-state index in [9.17, 15) is 4.79 Å². The van der Waals surface area contributed by atoms with Crippen LogP contribution in [0, 0.1) is 5.92 Å². The lowest BCUT2D eigenvalue weighted by atomic mass is 9.96. The largest absolute Gasteiger partial charge is 0.461 e. The van der Waals surface area contributed by atoms with Gasteiger partial charge in [-0.05, 0) is 25.3 Å². The summed E-state index contributed by atoms with van der Waals surface area (Å²) in [5.74, 6) is -0.0912. The molecule has 2 atom stereocenters. The Bertz CT molecular complexity index is 361. The van der Waals surface area contributed by atoms with Crippen molar-refractivity contribution in [1.82, 2.24) is 0 Å². The summed E-state index contributed by atoms with van der Waals surface area (Å²) in [6, 6.07) is 9.75. The van der Waals surface area contributed by atoms with Crippen molar-refractivity contribution in [3.8, 4) is 0 Å². The van der Waals surface area contributed by atoms with Crippen LogP contribution in [0.1, 0.15) is 25.3 Å². The van der Waals surface area contributed by atoms with Crippen LogP contribution in [0.5, 0.6) is 0 Å². The summed E-state index contributed by atoms with van der Waals surface area (Å²) < 4.78 is 10.7. The zero-order valence-corrected chi connectivity index (χ0v) is 10.1. The predicted octanol–water partition coefficient (Wildman–Crippen LogP) is 2.54. The van der Waals surface area contributed by atoms with Crippen LogP contribution in [0.4, 0.5) is 0 Å². The molecule has 1 fully saturated rings. The maximum atomic E-state index is 11.8. The average molecular weight is 234 g/mol. The van der Waals surface area contributed by atoms with Crippen LogP contribution in [-0.2, 0) is 20.9 Å². The molecule has 0 N–H and O–H groups in total. The summed E-state index contributed by atoms with van der Waals surface area (Å²) in [5, 5.41) is 0. The molecule has 1 saturated heterocycles. The summed E-state index contributed by atoms with van der Waals surface area (Å²) in [5.41, 5.74) is 1.03. The van der Waals surface area contributed by atoms with Gasteiger partial charge in [-0.3, -0.25) is 4.79 Å². The fraction of sp³-hybridized carbons (Fsp3) is 0.500. The number of hydrogen-bond acceptors (Lipinski definition) is 3. The SMILES string of the molecule is CC1CC(C(=O)OCc2ccccc2)CCO1. The highest BCUT2D eigenvalue weighted by molar-refractivity contribution is 5.72. The van der Waals surface area contributed by atoms with Crippen molar-refractivity contribution < 1.29 is 14.3 Å². The summed E-state index contributed by atoms with van der Waals surface area (Å²) in [7, 11) is 0. The average Bonchev–Trinajstić information content (AvgIpc) is 2.37. The standard InChI is InChI=1S/C14H18O3/c1-11-9-13(7-8-16-11)14(15)17-10-12-5-3-2-4-6-12/h2-6,11,13H,7-10H2,1H3. The molecule has 0 aliphatic carbocycles. The van der Waals surface area contributed by atoms with Gasteiger partial charge in [-0.1, -0.05) is 30.3 Å². The van der Waals surface area contributed by atoms with Crippen molar-refractivity contribution in [2.24, 2.45) is 5.92 Å². The van der Waals surface area contributed by atoms with Crippen molar-refractivity contribution in [1.29, 1.82) is 0 Å². The van der Waals surface area contributed by atoms with E-state index in [4.69, 9.17) is 9.47 Å². The minimum Gasteiger partial charge on any atom is -0.461 e. The molecule has 2 rings (SSSR count). The molecule has 1 aromatic carbocycles.